The lowest BCUT2D eigenvalue weighted by Gasteiger charge is -2.24. The summed E-state index contributed by atoms with van der Waals surface area (Å²) in [5.41, 5.74) is 1.29. The zero-order valence-corrected chi connectivity index (χ0v) is 25.4. The molecule has 0 saturated carbocycles. The highest BCUT2D eigenvalue weighted by atomic mass is 32.1. The van der Waals surface area contributed by atoms with E-state index in [-0.39, 0.29) is 6.61 Å². The first-order chi connectivity index (χ1) is 18.8. The van der Waals surface area contributed by atoms with Gasteiger partial charge >= 0.3 is 0 Å². The number of aromatic nitrogens is 1. The average Bonchev–Trinajstić information content (AvgIpc) is 3.68. The van der Waals surface area contributed by atoms with Crippen LogP contribution >= 0.6 is 22.7 Å². The maximum absolute atomic E-state index is 9.73. The summed E-state index contributed by atoms with van der Waals surface area (Å²) in [4.78, 5) is 7.62. The fourth-order valence-corrected chi connectivity index (χ4v) is 5.90. The lowest BCUT2D eigenvalue weighted by Crippen LogP contribution is -2.33. The van der Waals surface area contributed by atoms with Gasteiger partial charge < -0.3 is 19.2 Å². The second-order valence-electron chi connectivity index (χ2n) is 9.01. The fourth-order valence-electron chi connectivity index (χ4n) is 3.73. The van der Waals surface area contributed by atoms with E-state index in [0.717, 1.165) is 22.3 Å². The van der Waals surface area contributed by atoms with Crippen LogP contribution in [0.25, 0.3) is 42.9 Å². The summed E-state index contributed by atoms with van der Waals surface area (Å²) in [7, 11) is 2.06. The molecule has 0 radical (unpaired) electrons. The Hall–Kier alpha value is -3.22. The molecular formula is C31H37N3O3S2. The van der Waals surface area contributed by atoms with Crippen molar-refractivity contribution in [2.24, 2.45) is 0 Å². The lowest BCUT2D eigenvalue weighted by molar-refractivity contribution is -0.0500. The van der Waals surface area contributed by atoms with Crippen LogP contribution in [0.4, 0.5) is 5.00 Å². The molecule has 0 aliphatic rings. The van der Waals surface area contributed by atoms with Gasteiger partial charge in [-0.2, -0.15) is 5.26 Å². The van der Waals surface area contributed by atoms with Crippen LogP contribution < -0.4 is 4.90 Å². The fraction of sp³-hybridized carbons (Fsp3) is 0.355. The van der Waals surface area contributed by atoms with Crippen molar-refractivity contribution in [1.29, 1.82) is 5.26 Å². The quantitative estimate of drug-likeness (QED) is 0.190. The van der Waals surface area contributed by atoms with Gasteiger partial charge in [0.1, 0.15) is 17.2 Å². The van der Waals surface area contributed by atoms with Crippen LogP contribution in [0.2, 0.25) is 0 Å². The second kappa shape index (κ2) is 13.7. The van der Waals surface area contributed by atoms with Crippen LogP contribution in [0.3, 0.4) is 0 Å². The van der Waals surface area contributed by atoms with Crippen molar-refractivity contribution < 1.29 is 14.3 Å². The van der Waals surface area contributed by atoms with Crippen LogP contribution in [-0.4, -0.2) is 42.5 Å². The number of oxazole rings is 1. The number of anilines is 1. The van der Waals surface area contributed by atoms with E-state index in [9.17, 15) is 10.4 Å². The number of hydrogen-bond donors (Lipinski definition) is 1. The normalized spacial score (nSPS) is 11.6. The molecule has 0 fully saturated rings. The third kappa shape index (κ3) is 7.25. The zero-order valence-electron chi connectivity index (χ0n) is 23.7. The first-order valence-corrected chi connectivity index (χ1v) is 14.9. The molecule has 0 atom stereocenters. The third-order valence-corrected chi connectivity index (χ3v) is 8.03. The summed E-state index contributed by atoms with van der Waals surface area (Å²) in [5, 5.41) is 22.6. The molecule has 0 aliphatic heterocycles. The maximum atomic E-state index is 9.73. The Morgan fingerprint density at radius 1 is 1.08 bits per heavy atom. The van der Waals surface area contributed by atoms with Gasteiger partial charge in [0, 0.05) is 27.9 Å². The minimum absolute atomic E-state index is 0.00182. The van der Waals surface area contributed by atoms with Gasteiger partial charge in [-0.15, -0.1) is 22.7 Å². The molecule has 8 heteroatoms. The summed E-state index contributed by atoms with van der Waals surface area (Å²) in [5.74, 6) is 0.339. The van der Waals surface area contributed by atoms with Crippen molar-refractivity contribution in [3.05, 3.63) is 59.3 Å². The molecule has 5 rings (SSSR count). The number of aliphatic hydroxyl groups is 1. The van der Waals surface area contributed by atoms with Gasteiger partial charge in [-0.1, -0.05) is 39.8 Å². The number of nitrogens with zero attached hydrogens (tertiary/aromatic N) is 3. The molecule has 6 nitrogen and oxygen atoms in total. The highest BCUT2D eigenvalue weighted by Crippen LogP contribution is 2.38. The van der Waals surface area contributed by atoms with Crippen molar-refractivity contribution in [1.82, 2.24) is 4.98 Å². The molecule has 0 bridgehead atoms. The molecule has 0 spiro atoms. The molecule has 0 saturated heterocycles. The Morgan fingerprint density at radius 2 is 1.77 bits per heavy atom. The Kier molecular flexibility index (Phi) is 10.7. The summed E-state index contributed by atoms with van der Waals surface area (Å²) in [6.07, 6.45) is 1.84. The number of benzene rings is 2. The van der Waals surface area contributed by atoms with E-state index in [0.29, 0.717) is 23.7 Å². The number of nitriles is 1. The number of aliphatic hydroxyl groups excluding tert-OH is 1. The second-order valence-corrected chi connectivity index (χ2v) is 11.2. The molecule has 39 heavy (non-hydrogen) atoms. The predicted octanol–water partition coefficient (Wildman–Crippen LogP) is 8.60. The van der Waals surface area contributed by atoms with E-state index in [4.69, 9.17) is 9.15 Å². The van der Waals surface area contributed by atoms with Gasteiger partial charge in [-0.05, 0) is 67.1 Å². The lowest BCUT2D eigenvalue weighted by atomic mass is 10.1. The zero-order chi connectivity index (χ0) is 28.6. The van der Waals surface area contributed by atoms with E-state index in [1.54, 1.807) is 22.7 Å². The van der Waals surface area contributed by atoms with Crippen molar-refractivity contribution >= 4 is 70.6 Å². The molecule has 206 valence electrons. The van der Waals surface area contributed by atoms with Crippen molar-refractivity contribution in [2.45, 2.75) is 47.1 Å². The maximum Gasteiger partial charge on any atom is 0.238 e. The number of likely N-dealkylation sites (N-methyl/N-ethyl adjacent to an activating group) is 1. The minimum Gasteiger partial charge on any atom is -0.435 e. The first-order valence-electron chi connectivity index (χ1n) is 13.3. The van der Waals surface area contributed by atoms with Gasteiger partial charge in [0.25, 0.3) is 0 Å². The standard InChI is InChI=1S/C27H25N3O3S2.2C2H6/c1-27(2,16-31)32-9-8-30(3)25-13-18-10-17-11-20(34-23(17)14-24(18)35-25)12-19(15-28)26-29-21-6-4-5-7-22(21)33-26;2*1-2/h4-7,10-14,31H,8-9,16H2,1-3H3;2*1-2H3/b19-12+;;. The third-order valence-electron chi connectivity index (χ3n) is 5.77. The van der Waals surface area contributed by atoms with Crippen LogP contribution in [0.15, 0.2) is 52.9 Å². The Balaban J connectivity index is 0.00000100. The number of thiophene rings is 2. The summed E-state index contributed by atoms with van der Waals surface area (Å²) >= 11 is 3.39. The monoisotopic (exact) mass is 563 g/mol. The molecule has 3 heterocycles. The molecule has 0 aliphatic carbocycles. The summed E-state index contributed by atoms with van der Waals surface area (Å²) < 4.78 is 13.9. The predicted molar refractivity (Wildman–Crippen MR) is 168 cm³/mol. The highest BCUT2D eigenvalue weighted by molar-refractivity contribution is 7.24. The van der Waals surface area contributed by atoms with Crippen molar-refractivity contribution in [2.75, 3.05) is 31.7 Å². The average molecular weight is 564 g/mol. The Morgan fingerprint density at radius 3 is 2.46 bits per heavy atom. The van der Waals surface area contributed by atoms with E-state index < -0.39 is 5.60 Å². The van der Waals surface area contributed by atoms with Crippen molar-refractivity contribution in [3.8, 4) is 6.07 Å². The smallest absolute Gasteiger partial charge is 0.238 e. The van der Waals surface area contributed by atoms with Gasteiger partial charge in [-0.25, -0.2) is 4.98 Å². The van der Waals surface area contributed by atoms with Gasteiger partial charge in [0.15, 0.2) is 5.58 Å². The van der Waals surface area contributed by atoms with E-state index in [1.165, 1.54) is 19.8 Å². The molecule has 0 amide bonds. The van der Waals surface area contributed by atoms with Crippen LogP contribution in [0.1, 0.15) is 52.3 Å². The van der Waals surface area contributed by atoms with E-state index in [1.807, 2.05) is 71.9 Å². The molecular weight excluding hydrogens is 526 g/mol. The molecule has 2 aromatic carbocycles. The highest BCUT2D eigenvalue weighted by Gasteiger charge is 2.17. The van der Waals surface area contributed by atoms with Crippen LogP contribution in [0, 0.1) is 11.3 Å². The van der Waals surface area contributed by atoms with Crippen molar-refractivity contribution in [3.63, 3.8) is 0 Å². The topological polar surface area (TPSA) is 82.5 Å². The van der Waals surface area contributed by atoms with Crippen LogP contribution in [0.5, 0.6) is 0 Å². The molecule has 3 aromatic heterocycles. The van der Waals surface area contributed by atoms with Gasteiger partial charge in [0.2, 0.25) is 5.89 Å². The molecule has 1 N–H and O–H groups in total. The first kappa shape index (κ1) is 30.3. The summed E-state index contributed by atoms with van der Waals surface area (Å²) in [6, 6.07) is 18.5. The van der Waals surface area contributed by atoms with E-state index >= 15 is 0 Å². The number of allylic oxidation sites excluding steroid dienone is 1. The summed E-state index contributed by atoms with van der Waals surface area (Å²) in [6.45, 7) is 13.1. The number of para-hydroxylation sites is 2. The molecule has 0 unspecified atom stereocenters. The minimum atomic E-state index is -0.524. The van der Waals surface area contributed by atoms with Gasteiger partial charge in [0.05, 0.1) is 23.8 Å². The SMILES string of the molecule is CC.CC.CN(CCOC(C)(C)CO)c1cc2cc3cc(/C=C(\C#N)c4nc5ccccc5o4)sc3cc2s1. The number of fused-ring (bicyclic) bond motifs is 3. The van der Waals surface area contributed by atoms with E-state index in [2.05, 4.69) is 47.3 Å². The molecule has 5 aromatic rings. The number of ether oxygens (including phenoxy) is 1. The Bertz CT molecular complexity index is 1500. The van der Waals surface area contributed by atoms with Gasteiger partial charge in [-0.3, -0.25) is 0 Å². The largest absolute Gasteiger partial charge is 0.435 e. The van der Waals surface area contributed by atoms with Crippen LogP contribution in [-0.2, 0) is 4.74 Å². The number of hydrogen-bond acceptors (Lipinski definition) is 8. The number of rotatable bonds is 8. The Labute approximate surface area is 238 Å².